The predicted molar refractivity (Wildman–Crippen MR) is 127 cm³/mol. The van der Waals surface area contributed by atoms with E-state index in [2.05, 4.69) is 13.8 Å². The molecule has 11 atom stereocenters. The Hall–Kier alpha value is -1.75. The molecule has 0 aromatic heterocycles. The van der Waals surface area contributed by atoms with Gasteiger partial charge in [-0.1, -0.05) is 20.8 Å². The average molecular weight is 525 g/mol. The second-order valence-corrected chi connectivity index (χ2v) is 11.9. The quantitative estimate of drug-likeness (QED) is 0.313. The van der Waals surface area contributed by atoms with Crippen LogP contribution in [-0.2, 0) is 42.8 Å². The van der Waals surface area contributed by atoms with Gasteiger partial charge in [0.15, 0.2) is 12.4 Å². The number of aliphatic hydroxyl groups is 1. The van der Waals surface area contributed by atoms with Crippen LogP contribution in [0.1, 0.15) is 66.7 Å². The third-order valence-corrected chi connectivity index (χ3v) is 10.1. The highest BCUT2D eigenvalue weighted by Crippen LogP contribution is 2.70. The zero-order valence-corrected chi connectivity index (χ0v) is 22.4. The standard InChI is InChI=1S/C27H40O10/c1-6-22(31)37-23-18(30)11-19-25(5,20-10-17-7-8-32-24(17)36-20)14(2)9-21(35-16(4)29)26(19,12-33-15(3)28)27(23)13-34-27/h14,17-21,23-24,30H,6-13H2,1-5H3. The molecule has 0 aromatic carbocycles. The number of esters is 3. The Morgan fingerprint density at radius 3 is 2.41 bits per heavy atom. The van der Waals surface area contributed by atoms with Crippen LogP contribution in [0.25, 0.3) is 0 Å². The molecule has 3 aliphatic heterocycles. The van der Waals surface area contributed by atoms with Gasteiger partial charge >= 0.3 is 17.9 Å². The van der Waals surface area contributed by atoms with Gasteiger partial charge in [-0.3, -0.25) is 14.4 Å². The van der Waals surface area contributed by atoms with Crippen LogP contribution in [0.4, 0.5) is 0 Å². The van der Waals surface area contributed by atoms with Crippen molar-refractivity contribution in [2.45, 2.75) is 103 Å². The molecule has 5 aliphatic rings. The summed E-state index contributed by atoms with van der Waals surface area (Å²) in [7, 11) is 0. The first-order valence-corrected chi connectivity index (χ1v) is 13.6. The minimum absolute atomic E-state index is 0.0360. The van der Waals surface area contributed by atoms with E-state index in [1.54, 1.807) is 6.92 Å². The molecular weight excluding hydrogens is 484 g/mol. The van der Waals surface area contributed by atoms with Crippen LogP contribution in [0.15, 0.2) is 0 Å². The molecule has 10 nitrogen and oxygen atoms in total. The molecular formula is C27H40O10. The van der Waals surface area contributed by atoms with Crippen LogP contribution in [0.3, 0.4) is 0 Å². The van der Waals surface area contributed by atoms with E-state index in [-0.39, 0.29) is 50.3 Å². The molecule has 3 heterocycles. The summed E-state index contributed by atoms with van der Waals surface area (Å²) in [4.78, 5) is 37.0. The van der Waals surface area contributed by atoms with E-state index in [1.807, 2.05) is 0 Å². The molecule has 5 rings (SSSR count). The fourth-order valence-electron chi connectivity index (χ4n) is 8.10. The van der Waals surface area contributed by atoms with Gasteiger partial charge in [-0.05, 0) is 37.5 Å². The van der Waals surface area contributed by atoms with E-state index < -0.39 is 52.7 Å². The minimum Gasteiger partial charge on any atom is -0.465 e. The van der Waals surface area contributed by atoms with E-state index in [0.29, 0.717) is 18.9 Å². The molecule has 1 N–H and O–H groups in total. The SMILES string of the molecule is CCC(=O)OC1C(O)CC2C(C)(C3CC4CCOC4O3)C(C)CC(OC(C)=O)C2(COC(C)=O)C12CO2. The van der Waals surface area contributed by atoms with Crippen molar-refractivity contribution in [1.29, 1.82) is 0 Å². The number of aliphatic hydroxyl groups excluding tert-OH is 1. The molecule has 0 aromatic rings. The van der Waals surface area contributed by atoms with Crippen molar-refractivity contribution >= 4 is 17.9 Å². The summed E-state index contributed by atoms with van der Waals surface area (Å²) in [5.74, 6) is -1.37. The lowest BCUT2D eigenvalue weighted by molar-refractivity contribution is -0.284. The molecule has 0 radical (unpaired) electrons. The first-order chi connectivity index (χ1) is 17.5. The van der Waals surface area contributed by atoms with Gasteiger partial charge < -0.3 is 33.5 Å². The van der Waals surface area contributed by atoms with Crippen molar-refractivity contribution < 1.29 is 47.9 Å². The summed E-state index contributed by atoms with van der Waals surface area (Å²) < 4.78 is 36.0. The van der Waals surface area contributed by atoms with E-state index in [1.165, 1.54) is 13.8 Å². The van der Waals surface area contributed by atoms with Crippen LogP contribution in [-0.4, -0.2) is 79.1 Å². The fraction of sp³-hybridized carbons (Fsp3) is 0.889. The Morgan fingerprint density at radius 1 is 1.08 bits per heavy atom. The zero-order chi connectivity index (χ0) is 26.8. The summed E-state index contributed by atoms with van der Waals surface area (Å²) in [5, 5.41) is 11.5. The number of ether oxygens (including phenoxy) is 6. The van der Waals surface area contributed by atoms with Gasteiger partial charge in [0.05, 0.1) is 30.8 Å². The molecule has 3 saturated heterocycles. The Labute approximate surface area is 217 Å². The van der Waals surface area contributed by atoms with Gasteiger partial charge in [0.1, 0.15) is 18.3 Å². The van der Waals surface area contributed by atoms with Crippen LogP contribution in [0.5, 0.6) is 0 Å². The van der Waals surface area contributed by atoms with Gasteiger partial charge in [0, 0.05) is 31.6 Å². The maximum absolute atomic E-state index is 12.4. The van der Waals surface area contributed by atoms with Crippen LogP contribution >= 0.6 is 0 Å². The lowest BCUT2D eigenvalue weighted by Gasteiger charge is -2.65. The van der Waals surface area contributed by atoms with Crippen molar-refractivity contribution in [2.24, 2.45) is 28.6 Å². The molecule has 0 amide bonds. The molecule has 208 valence electrons. The minimum atomic E-state index is -1.16. The van der Waals surface area contributed by atoms with Crippen LogP contribution < -0.4 is 0 Å². The van der Waals surface area contributed by atoms with Crippen molar-refractivity contribution in [3.63, 3.8) is 0 Å². The molecule has 37 heavy (non-hydrogen) atoms. The summed E-state index contributed by atoms with van der Waals surface area (Å²) >= 11 is 0. The van der Waals surface area contributed by atoms with Crippen molar-refractivity contribution in [3.8, 4) is 0 Å². The molecule has 5 fully saturated rings. The van der Waals surface area contributed by atoms with Gasteiger partial charge in [0.25, 0.3) is 0 Å². The van der Waals surface area contributed by atoms with E-state index in [0.717, 1.165) is 12.8 Å². The smallest absolute Gasteiger partial charge is 0.305 e. The number of epoxide rings is 1. The Morgan fingerprint density at radius 2 is 1.81 bits per heavy atom. The van der Waals surface area contributed by atoms with Gasteiger partial charge in [-0.2, -0.15) is 0 Å². The maximum atomic E-state index is 12.4. The van der Waals surface area contributed by atoms with E-state index >= 15 is 0 Å². The predicted octanol–water partition coefficient (Wildman–Crippen LogP) is 2.14. The molecule has 0 bridgehead atoms. The first kappa shape index (κ1) is 26.8. The summed E-state index contributed by atoms with van der Waals surface area (Å²) in [6.07, 6.45) is -0.438. The van der Waals surface area contributed by atoms with Gasteiger partial charge in [0.2, 0.25) is 0 Å². The largest absolute Gasteiger partial charge is 0.465 e. The highest BCUT2D eigenvalue weighted by atomic mass is 16.7. The number of carbonyl (C=O) groups excluding carboxylic acids is 3. The lowest BCUT2D eigenvalue weighted by atomic mass is 9.41. The molecule has 11 unspecified atom stereocenters. The normalized spacial score (nSPS) is 48.2. The highest BCUT2D eigenvalue weighted by Gasteiger charge is 2.81. The number of fused-ring (bicyclic) bond motifs is 3. The molecule has 2 saturated carbocycles. The topological polar surface area (TPSA) is 130 Å². The summed E-state index contributed by atoms with van der Waals surface area (Å²) in [6.45, 7) is 9.46. The maximum Gasteiger partial charge on any atom is 0.305 e. The number of rotatable bonds is 6. The number of carbonyl (C=O) groups is 3. The Kier molecular flexibility index (Phi) is 6.87. The van der Waals surface area contributed by atoms with Crippen molar-refractivity contribution in [2.75, 3.05) is 19.8 Å². The second kappa shape index (κ2) is 9.47. The first-order valence-electron chi connectivity index (χ1n) is 13.6. The fourth-order valence-corrected chi connectivity index (χ4v) is 8.10. The van der Waals surface area contributed by atoms with E-state index in [9.17, 15) is 19.5 Å². The Balaban J connectivity index is 1.63. The third-order valence-electron chi connectivity index (χ3n) is 10.1. The average Bonchev–Trinajstić information content (AvgIpc) is 3.32. The molecule has 1 spiro atoms. The van der Waals surface area contributed by atoms with Gasteiger partial charge in [-0.15, -0.1) is 0 Å². The third kappa shape index (κ3) is 4.01. The monoisotopic (exact) mass is 524 g/mol. The number of hydrogen-bond acceptors (Lipinski definition) is 10. The zero-order valence-electron chi connectivity index (χ0n) is 22.4. The Bertz CT molecular complexity index is 920. The van der Waals surface area contributed by atoms with Crippen LogP contribution in [0, 0.1) is 28.6 Å². The highest BCUT2D eigenvalue weighted by molar-refractivity contribution is 5.69. The lowest BCUT2D eigenvalue weighted by Crippen LogP contribution is -2.74. The van der Waals surface area contributed by atoms with E-state index in [4.69, 9.17) is 28.4 Å². The van der Waals surface area contributed by atoms with Crippen LogP contribution in [0.2, 0.25) is 0 Å². The second-order valence-electron chi connectivity index (χ2n) is 11.9. The van der Waals surface area contributed by atoms with Crippen molar-refractivity contribution in [3.05, 3.63) is 0 Å². The van der Waals surface area contributed by atoms with Gasteiger partial charge in [-0.25, -0.2) is 0 Å². The van der Waals surface area contributed by atoms with Crippen molar-refractivity contribution in [1.82, 2.24) is 0 Å². The molecule has 2 aliphatic carbocycles. The number of hydrogen-bond donors (Lipinski definition) is 1. The summed E-state index contributed by atoms with van der Waals surface area (Å²) in [6, 6.07) is 0. The summed E-state index contributed by atoms with van der Waals surface area (Å²) in [5.41, 5.74) is -2.71. The molecule has 10 heteroatoms.